The number of aliphatic hydroxyl groups excluding tert-OH is 1. The molecule has 0 saturated carbocycles. The summed E-state index contributed by atoms with van der Waals surface area (Å²) in [6, 6.07) is 0. The number of aliphatic hydroxyl groups is 1. The van der Waals surface area contributed by atoms with E-state index in [-0.39, 0.29) is 37.1 Å². The molecule has 0 aromatic rings. The number of ether oxygens (including phenoxy) is 2. The van der Waals surface area contributed by atoms with Crippen molar-refractivity contribution in [2.24, 2.45) is 0 Å². The molecule has 0 bridgehead atoms. The summed E-state index contributed by atoms with van der Waals surface area (Å²) in [5.74, 6) is -0.552. The Labute approximate surface area is 164 Å². The van der Waals surface area contributed by atoms with Gasteiger partial charge in [0.05, 0.1) is 19.8 Å². The number of methoxy groups -OCH3 is 1. The summed E-state index contributed by atoms with van der Waals surface area (Å²) in [6.07, 6.45) is -0.547. The lowest BCUT2D eigenvalue weighted by atomic mass is 9.92. The zero-order valence-corrected chi connectivity index (χ0v) is 19.3. The van der Waals surface area contributed by atoms with Crippen LogP contribution in [-0.2, 0) is 18.7 Å². The molecule has 1 heterocycles. The molecule has 0 aromatic carbocycles. The maximum Gasteiger partial charge on any atom is 0.411 e. The SMILES string of the molecule is COC(=O)[C@]1(CCO)C[C@@H](O[Si](C)(C)C(C)(C)C)CN1C(=O)OC(C)(C)C. The van der Waals surface area contributed by atoms with Crippen LogP contribution in [0.5, 0.6) is 0 Å². The fourth-order valence-electron chi connectivity index (χ4n) is 3.08. The molecule has 0 unspecified atom stereocenters. The van der Waals surface area contributed by atoms with E-state index in [0.717, 1.165) is 0 Å². The monoisotopic (exact) mass is 403 g/mol. The molecule has 1 rings (SSSR count). The lowest BCUT2D eigenvalue weighted by Gasteiger charge is -2.38. The van der Waals surface area contributed by atoms with Crippen LogP contribution in [0.1, 0.15) is 54.4 Å². The maximum absolute atomic E-state index is 12.8. The van der Waals surface area contributed by atoms with Crippen molar-refractivity contribution in [1.29, 1.82) is 0 Å². The van der Waals surface area contributed by atoms with Crippen LogP contribution in [0.3, 0.4) is 0 Å². The van der Waals surface area contributed by atoms with Crippen LogP contribution in [-0.4, -0.2) is 67.9 Å². The molecule has 7 nitrogen and oxygen atoms in total. The topological polar surface area (TPSA) is 85.3 Å². The van der Waals surface area contributed by atoms with E-state index in [9.17, 15) is 14.7 Å². The van der Waals surface area contributed by atoms with Crippen molar-refractivity contribution in [3.63, 3.8) is 0 Å². The molecule has 1 fully saturated rings. The summed E-state index contributed by atoms with van der Waals surface area (Å²) in [5.41, 5.74) is -1.98. The van der Waals surface area contributed by atoms with E-state index >= 15 is 0 Å². The third-order valence-electron chi connectivity index (χ3n) is 5.44. The van der Waals surface area contributed by atoms with Crippen molar-refractivity contribution in [1.82, 2.24) is 4.90 Å². The quantitative estimate of drug-likeness (QED) is 0.560. The third kappa shape index (κ3) is 5.45. The molecule has 8 heteroatoms. The Morgan fingerprint density at radius 1 is 1.19 bits per heavy atom. The normalized spacial score (nSPS) is 24.1. The van der Waals surface area contributed by atoms with Gasteiger partial charge in [-0.15, -0.1) is 0 Å². The third-order valence-corrected chi connectivity index (χ3v) is 9.98. The lowest BCUT2D eigenvalue weighted by Crippen LogP contribution is -2.55. The van der Waals surface area contributed by atoms with Crippen LogP contribution < -0.4 is 0 Å². The predicted molar refractivity (Wildman–Crippen MR) is 106 cm³/mol. The van der Waals surface area contributed by atoms with Gasteiger partial charge in [-0.25, -0.2) is 9.59 Å². The van der Waals surface area contributed by atoms with E-state index in [1.54, 1.807) is 20.8 Å². The number of hydrogen-bond donors (Lipinski definition) is 1. The molecule has 1 amide bonds. The molecule has 1 saturated heterocycles. The largest absolute Gasteiger partial charge is 0.467 e. The van der Waals surface area contributed by atoms with E-state index in [0.29, 0.717) is 0 Å². The van der Waals surface area contributed by atoms with Crippen LogP contribution in [0.4, 0.5) is 4.79 Å². The van der Waals surface area contributed by atoms with Gasteiger partial charge in [-0.05, 0) is 38.9 Å². The van der Waals surface area contributed by atoms with Crippen molar-refractivity contribution < 1.29 is 28.6 Å². The molecule has 0 aliphatic carbocycles. The highest BCUT2D eigenvalue weighted by atomic mass is 28.4. The molecule has 0 spiro atoms. The number of hydrogen-bond acceptors (Lipinski definition) is 6. The van der Waals surface area contributed by atoms with Crippen molar-refractivity contribution in [2.45, 2.75) is 89.8 Å². The van der Waals surface area contributed by atoms with Gasteiger partial charge in [-0.3, -0.25) is 4.90 Å². The summed E-state index contributed by atoms with van der Waals surface area (Å²) in [7, 11) is -0.817. The highest BCUT2D eigenvalue weighted by Gasteiger charge is 2.56. The maximum atomic E-state index is 12.8. The summed E-state index contributed by atoms with van der Waals surface area (Å²) in [5, 5.41) is 9.60. The number of carbonyl (C=O) groups is 2. The number of likely N-dealkylation sites (tertiary alicyclic amines) is 1. The van der Waals surface area contributed by atoms with Gasteiger partial charge in [0.1, 0.15) is 11.1 Å². The number of rotatable bonds is 5. The minimum atomic E-state index is -2.10. The summed E-state index contributed by atoms with van der Waals surface area (Å²) < 4.78 is 17.0. The fraction of sp³-hybridized carbons (Fsp3) is 0.895. The fourth-order valence-corrected chi connectivity index (χ4v) is 4.42. The Kier molecular flexibility index (Phi) is 7.16. The van der Waals surface area contributed by atoms with Gasteiger partial charge in [-0.2, -0.15) is 0 Å². The highest BCUT2D eigenvalue weighted by molar-refractivity contribution is 6.74. The Hall–Kier alpha value is -1.12. The minimum absolute atomic E-state index is 0.00274. The second kappa shape index (κ2) is 8.09. The van der Waals surface area contributed by atoms with Gasteiger partial charge in [0.2, 0.25) is 0 Å². The molecular weight excluding hydrogens is 366 g/mol. The Bertz CT molecular complexity index is 551. The predicted octanol–water partition coefficient (Wildman–Crippen LogP) is 3.31. The van der Waals surface area contributed by atoms with Gasteiger partial charge >= 0.3 is 12.1 Å². The van der Waals surface area contributed by atoms with Crippen LogP contribution in [0.15, 0.2) is 0 Å². The van der Waals surface area contributed by atoms with Gasteiger partial charge in [0, 0.05) is 19.4 Å². The standard InChI is InChI=1S/C19H37NO6Si/c1-17(2,3)25-16(23)20-13-14(26-27(8,9)18(4,5)6)12-19(20,10-11-21)15(22)24-7/h14,21H,10-13H2,1-9H3/t14-,19+/m1/s1. The van der Waals surface area contributed by atoms with Crippen molar-refractivity contribution in [3.8, 4) is 0 Å². The molecule has 1 aliphatic heterocycles. The molecule has 0 radical (unpaired) electrons. The van der Waals surface area contributed by atoms with Crippen LogP contribution in [0.2, 0.25) is 18.1 Å². The second-order valence-corrected chi connectivity index (χ2v) is 14.5. The van der Waals surface area contributed by atoms with Crippen LogP contribution in [0.25, 0.3) is 0 Å². The van der Waals surface area contributed by atoms with E-state index in [4.69, 9.17) is 13.9 Å². The van der Waals surface area contributed by atoms with E-state index < -0.39 is 31.5 Å². The molecular formula is C19H37NO6Si. The summed E-state index contributed by atoms with van der Waals surface area (Å²) in [4.78, 5) is 26.9. The van der Waals surface area contributed by atoms with Gasteiger partial charge in [-0.1, -0.05) is 20.8 Å². The first-order valence-corrected chi connectivity index (χ1v) is 12.4. The Morgan fingerprint density at radius 2 is 1.74 bits per heavy atom. The summed E-state index contributed by atoms with van der Waals surface area (Å²) >= 11 is 0. The highest BCUT2D eigenvalue weighted by Crippen LogP contribution is 2.42. The van der Waals surface area contributed by atoms with E-state index in [1.165, 1.54) is 12.0 Å². The van der Waals surface area contributed by atoms with Gasteiger partial charge in [0.15, 0.2) is 8.32 Å². The Morgan fingerprint density at radius 3 is 2.15 bits per heavy atom. The first-order valence-electron chi connectivity index (χ1n) is 9.47. The number of nitrogens with zero attached hydrogens (tertiary/aromatic N) is 1. The molecule has 1 N–H and O–H groups in total. The average molecular weight is 404 g/mol. The first-order chi connectivity index (χ1) is 12.1. The van der Waals surface area contributed by atoms with Gasteiger partial charge in [0.25, 0.3) is 0 Å². The number of amides is 1. The van der Waals surface area contributed by atoms with Crippen LogP contribution >= 0.6 is 0 Å². The van der Waals surface area contributed by atoms with E-state index in [1.807, 2.05) is 0 Å². The van der Waals surface area contributed by atoms with Crippen molar-refractivity contribution in [3.05, 3.63) is 0 Å². The van der Waals surface area contributed by atoms with Crippen molar-refractivity contribution in [2.75, 3.05) is 20.3 Å². The van der Waals surface area contributed by atoms with Crippen LogP contribution in [0, 0.1) is 0 Å². The summed E-state index contributed by atoms with van der Waals surface area (Å²) in [6.45, 7) is 16.0. The number of esters is 1. The zero-order chi connectivity index (χ0) is 21.3. The molecule has 27 heavy (non-hydrogen) atoms. The minimum Gasteiger partial charge on any atom is -0.467 e. The Balaban J connectivity index is 3.23. The van der Waals surface area contributed by atoms with E-state index in [2.05, 4.69) is 33.9 Å². The number of carbonyl (C=O) groups excluding carboxylic acids is 2. The molecule has 0 aromatic heterocycles. The second-order valence-electron chi connectivity index (χ2n) is 9.79. The molecule has 1 aliphatic rings. The van der Waals surface area contributed by atoms with Gasteiger partial charge < -0.3 is 19.0 Å². The van der Waals surface area contributed by atoms with Crippen molar-refractivity contribution >= 4 is 20.4 Å². The first kappa shape index (κ1) is 23.9. The smallest absolute Gasteiger partial charge is 0.411 e. The molecule has 158 valence electrons. The lowest BCUT2D eigenvalue weighted by molar-refractivity contribution is -0.154. The molecule has 2 atom stereocenters. The average Bonchev–Trinajstić information content (AvgIpc) is 2.82. The zero-order valence-electron chi connectivity index (χ0n) is 18.3.